The Morgan fingerprint density at radius 2 is 1.80 bits per heavy atom. The summed E-state index contributed by atoms with van der Waals surface area (Å²) in [5.74, 6) is 1.74. The van der Waals surface area contributed by atoms with Crippen molar-refractivity contribution in [1.82, 2.24) is 9.78 Å². The molecule has 0 unspecified atom stereocenters. The van der Waals surface area contributed by atoms with Gasteiger partial charge in [0.05, 0.1) is 16.8 Å². The van der Waals surface area contributed by atoms with Gasteiger partial charge in [-0.3, -0.25) is 4.79 Å². The van der Waals surface area contributed by atoms with Gasteiger partial charge in [-0.15, -0.1) is 0 Å². The molecule has 2 aromatic carbocycles. The molecule has 35 heavy (non-hydrogen) atoms. The number of benzene rings is 2. The summed E-state index contributed by atoms with van der Waals surface area (Å²) in [6, 6.07) is 17.4. The highest BCUT2D eigenvalue weighted by molar-refractivity contribution is 5.95. The van der Waals surface area contributed by atoms with Crippen LogP contribution in [0.1, 0.15) is 87.2 Å². The first-order valence-electron chi connectivity index (χ1n) is 13.2. The zero-order chi connectivity index (χ0) is 25.0. The molecule has 0 aliphatic heterocycles. The molecule has 1 fully saturated rings. The first-order chi connectivity index (χ1) is 16.6. The second kappa shape index (κ2) is 8.65. The number of rotatable bonds is 4. The van der Waals surface area contributed by atoms with Crippen molar-refractivity contribution >= 4 is 11.7 Å². The molecule has 2 aliphatic carbocycles. The third-order valence-corrected chi connectivity index (χ3v) is 8.91. The molecule has 1 amide bonds. The van der Waals surface area contributed by atoms with E-state index in [0.29, 0.717) is 11.8 Å². The number of anilines is 1. The first-order valence-corrected chi connectivity index (χ1v) is 13.2. The van der Waals surface area contributed by atoms with Gasteiger partial charge in [-0.25, -0.2) is 4.68 Å². The van der Waals surface area contributed by atoms with E-state index in [1.54, 1.807) is 0 Å². The third-order valence-electron chi connectivity index (χ3n) is 8.91. The normalized spacial score (nSPS) is 25.7. The van der Waals surface area contributed by atoms with Crippen LogP contribution >= 0.6 is 0 Å². The van der Waals surface area contributed by atoms with Gasteiger partial charge < -0.3 is 5.32 Å². The van der Waals surface area contributed by atoms with Gasteiger partial charge in [-0.05, 0) is 85.6 Å². The minimum Gasteiger partial charge on any atom is -0.310 e. The van der Waals surface area contributed by atoms with Crippen molar-refractivity contribution < 1.29 is 4.79 Å². The SMILES string of the molecule is Cc1ccc(-n2nc(C)cc2NC(=O)[C@@]2(C)CCC[C@]3(C)c4ccc(C(C)C)cc4CC[C@@H]23)cc1. The standard InChI is InChI=1S/C31H39N3O/c1-20(2)23-10-14-26-24(19-23)11-15-27-30(26,5)16-7-17-31(27,6)29(35)32-28-18-22(4)33-34(28)25-12-8-21(3)9-13-25/h8-10,12-14,18-20,27H,7,11,15-17H2,1-6H3,(H,32,35)/t27-,30-,31+/m1/s1. The van der Waals surface area contributed by atoms with Crippen LogP contribution < -0.4 is 5.32 Å². The largest absolute Gasteiger partial charge is 0.310 e. The number of hydrogen-bond acceptors (Lipinski definition) is 2. The Bertz CT molecular complexity index is 1250. The van der Waals surface area contributed by atoms with Gasteiger partial charge in [0.2, 0.25) is 5.91 Å². The molecule has 0 saturated heterocycles. The summed E-state index contributed by atoms with van der Waals surface area (Å²) < 4.78 is 1.86. The van der Waals surface area contributed by atoms with Gasteiger partial charge in [0.25, 0.3) is 0 Å². The third kappa shape index (κ3) is 4.01. The number of nitrogens with zero attached hydrogens (tertiary/aromatic N) is 2. The first kappa shape index (κ1) is 23.8. The van der Waals surface area contributed by atoms with E-state index in [1.807, 2.05) is 17.7 Å². The Morgan fingerprint density at radius 3 is 2.51 bits per heavy atom. The van der Waals surface area contributed by atoms with Crippen LogP contribution in [0.15, 0.2) is 48.5 Å². The number of nitrogens with one attached hydrogen (secondary N) is 1. The summed E-state index contributed by atoms with van der Waals surface area (Å²) >= 11 is 0. The second-order valence-corrected chi connectivity index (χ2v) is 11.7. The van der Waals surface area contributed by atoms with Gasteiger partial charge in [-0.2, -0.15) is 5.10 Å². The second-order valence-electron chi connectivity index (χ2n) is 11.7. The quantitative estimate of drug-likeness (QED) is 0.437. The molecule has 4 nitrogen and oxygen atoms in total. The lowest BCUT2D eigenvalue weighted by atomic mass is 9.49. The summed E-state index contributed by atoms with van der Waals surface area (Å²) in [5.41, 5.74) is 7.05. The van der Waals surface area contributed by atoms with Crippen molar-refractivity contribution in [2.45, 2.75) is 85.0 Å². The van der Waals surface area contributed by atoms with E-state index in [0.717, 1.165) is 49.3 Å². The lowest BCUT2D eigenvalue weighted by Crippen LogP contribution is -2.54. The number of hydrogen-bond donors (Lipinski definition) is 1. The van der Waals surface area contributed by atoms with Crippen LogP contribution in [0, 0.1) is 25.2 Å². The minimum atomic E-state index is -0.419. The van der Waals surface area contributed by atoms with Crippen LogP contribution in [0.25, 0.3) is 5.69 Å². The van der Waals surface area contributed by atoms with Gasteiger partial charge in [0.1, 0.15) is 5.82 Å². The molecule has 3 atom stereocenters. The average molecular weight is 470 g/mol. The van der Waals surface area contributed by atoms with E-state index >= 15 is 0 Å². The zero-order valence-corrected chi connectivity index (χ0v) is 22.1. The Kier molecular flexibility index (Phi) is 5.89. The number of amides is 1. The highest BCUT2D eigenvalue weighted by Crippen LogP contribution is 2.57. The summed E-state index contributed by atoms with van der Waals surface area (Å²) in [4.78, 5) is 14.0. The molecule has 5 rings (SSSR count). The molecule has 0 bridgehead atoms. The minimum absolute atomic E-state index is 0.0283. The predicted molar refractivity (Wildman–Crippen MR) is 143 cm³/mol. The topological polar surface area (TPSA) is 46.9 Å². The molecule has 2 aliphatic rings. The predicted octanol–water partition coefficient (Wildman–Crippen LogP) is 7.26. The molecule has 1 N–H and O–H groups in total. The van der Waals surface area contributed by atoms with Crippen LogP contribution in [0.4, 0.5) is 5.82 Å². The van der Waals surface area contributed by atoms with E-state index < -0.39 is 5.41 Å². The molecule has 1 aromatic heterocycles. The monoisotopic (exact) mass is 469 g/mol. The molecule has 0 spiro atoms. The Balaban J connectivity index is 1.46. The van der Waals surface area contributed by atoms with Gasteiger partial charge >= 0.3 is 0 Å². The molecule has 1 saturated carbocycles. The molecule has 3 aromatic rings. The van der Waals surface area contributed by atoms with Crippen molar-refractivity contribution in [1.29, 1.82) is 0 Å². The molecule has 184 valence electrons. The van der Waals surface area contributed by atoms with E-state index in [9.17, 15) is 4.79 Å². The lowest BCUT2D eigenvalue weighted by Gasteiger charge is -2.54. The van der Waals surface area contributed by atoms with Gasteiger partial charge in [0.15, 0.2) is 0 Å². The van der Waals surface area contributed by atoms with Crippen molar-refractivity contribution in [2.24, 2.45) is 11.3 Å². The summed E-state index contributed by atoms with van der Waals surface area (Å²) in [5, 5.41) is 8.00. The Morgan fingerprint density at radius 1 is 1.06 bits per heavy atom. The van der Waals surface area contributed by atoms with Gasteiger partial charge in [-0.1, -0.05) is 70.0 Å². The Hall–Kier alpha value is -2.88. The molecular formula is C31H39N3O. The van der Waals surface area contributed by atoms with Crippen molar-refractivity contribution in [3.8, 4) is 5.69 Å². The van der Waals surface area contributed by atoms with Gasteiger partial charge in [0, 0.05) is 6.07 Å². The fourth-order valence-electron chi connectivity index (χ4n) is 6.87. The number of carbonyl (C=O) groups excluding carboxylic acids is 1. The van der Waals surface area contributed by atoms with Crippen LogP contribution in [0.3, 0.4) is 0 Å². The maximum Gasteiger partial charge on any atom is 0.231 e. The van der Waals surface area contributed by atoms with Crippen LogP contribution in [0.5, 0.6) is 0 Å². The molecule has 4 heteroatoms. The number of aryl methyl sites for hydroxylation is 3. The fourth-order valence-corrected chi connectivity index (χ4v) is 6.87. The summed E-state index contributed by atoms with van der Waals surface area (Å²) in [6.45, 7) is 13.2. The van der Waals surface area contributed by atoms with Crippen molar-refractivity contribution in [3.05, 3.63) is 76.5 Å². The average Bonchev–Trinajstić information content (AvgIpc) is 3.18. The molecule has 0 radical (unpaired) electrons. The number of carbonyl (C=O) groups is 1. The number of aromatic nitrogens is 2. The van der Waals surface area contributed by atoms with Crippen LogP contribution in [0.2, 0.25) is 0 Å². The Labute approximate surface area is 210 Å². The zero-order valence-electron chi connectivity index (χ0n) is 22.1. The van der Waals surface area contributed by atoms with Crippen LogP contribution in [-0.4, -0.2) is 15.7 Å². The highest BCUT2D eigenvalue weighted by atomic mass is 16.2. The van der Waals surface area contributed by atoms with Crippen LogP contribution in [-0.2, 0) is 16.6 Å². The molecule has 1 heterocycles. The smallest absolute Gasteiger partial charge is 0.231 e. The highest BCUT2D eigenvalue weighted by Gasteiger charge is 2.55. The van der Waals surface area contributed by atoms with E-state index in [4.69, 9.17) is 0 Å². The summed E-state index contributed by atoms with van der Waals surface area (Å²) in [6.07, 6.45) is 5.26. The number of fused-ring (bicyclic) bond motifs is 3. The lowest BCUT2D eigenvalue weighted by molar-refractivity contribution is -0.133. The maximum absolute atomic E-state index is 14.0. The van der Waals surface area contributed by atoms with Crippen molar-refractivity contribution in [3.63, 3.8) is 0 Å². The molecular weight excluding hydrogens is 430 g/mol. The van der Waals surface area contributed by atoms with E-state index in [1.165, 1.54) is 22.3 Å². The summed E-state index contributed by atoms with van der Waals surface area (Å²) in [7, 11) is 0. The van der Waals surface area contributed by atoms with E-state index in [2.05, 4.69) is 87.5 Å². The van der Waals surface area contributed by atoms with Crippen molar-refractivity contribution in [2.75, 3.05) is 5.32 Å². The van der Waals surface area contributed by atoms with E-state index in [-0.39, 0.29) is 11.3 Å². The fraction of sp³-hybridized carbons (Fsp3) is 0.484. The maximum atomic E-state index is 14.0.